The zero-order chi connectivity index (χ0) is 39.2. The first-order valence-corrected chi connectivity index (χ1v) is 20.0. The lowest BCUT2D eigenvalue weighted by atomic mass is 9.99. The van der Waals surface area contributed by atoms with Crippen molar-refractivity contribution in [2.75, 3.05) is 51.3 Å². The number of hydrogen-bond donors (Lipinski definition) is 2. The Morgan fingerprint density at radius 3 is 2.38 bits per heavy atom. The second kappa shape index (κ2) is 17.7. The van der Waals surface area contributed by atoms with Crippen LogP contribution < -0.4 is 11.1 Å². The van der Waals surface area contributed by atoms with Gasteiger partial charge in [-0.1, -0.05) is 44.2 Å². The molecule has 56 heavy (non-hydrogen) atoms. The second-order valence-electron chi connectivity index (χ2n) is 14.8. The van der Waals surface area contributed by atoms with Crippen LogP contribution in [0.3, 0.4) is 0 Å². The van der Waals surface area contributed by atoms with E-state index in [1.807, 2.05) is 36.0 Å². The van der Waals surface area contributed by atoms with Crippen LogP contribution in [-0.2, 0) is 37.3 Å². The van der Waals surface area contributed by atoms with Crippen molar-refractivity contribution in [3.8, 4) is 11.1 Å². The fourth-order valence-corrected chi connectivity index (χ4v) is 7.93. The number of piperazine rings is 1. The van der Waals surface area contributed by atoms with Gasteiger partial charge in [0.2, 0.25) is 5.91 Å². The molecule has 0 saturated carbocycles. The zero-order valence-corrected chi connectivity index (χ0v) is 32.8. The molecule has 5 aromatic rings. The summed E-state index contributed by atoms with van der Waals surface area (Å²) in [6.45, 7) is 14.7. The second-order valence-corrected chi connectivity index (χ2v) is 14.8. The predicted molar refractivity (Wildman–Crippen MR) is 218 cm³/mol. The van der Waals surface area contributed by atoms with E-state index >= 15 is 4.39 Å². The van der Waals surface area contributed by atoms with Crippen molar-refractivity contribution in [1.82, 2.24) is 29.5 Å². The minimum absolute atomic E-state index is 0.176. The van der Waals surface area contributed by atoms with Gasteiger partial charge in [-0.15, -0.1) is 0 Å². The number of carbonyl (C=O) groups excluding carboxylic acids is 2. The van der Waals surface area contributed by atoms with Gasteiger partial charge in [-0.25, -0.2) is 14.1 Å². The molecule has 2 saturated heterocycles. The minimum Gasteiger partial charge on any atom is -0.381 e. The first-order valence-electron chi connectivity index (χ1n) is 20.0. The van der Waals surface area contributed by atoms with Gasteiger partial charge in [0.1, 0.15) is 5.82 Å². The number of primary amides is 1. The van der Waals surface area contributed by atoms with Gasteiger partial charge in [0.25, 0.3) is 5.91 Å². The van der Waals surface area contributed by atoms with Crippen LogP contribution in [0.1, 0.15) is 76.7 Å². The van der Waals surface area contributed by atoms with Crippen LogP contribution in [0.5, 0.6) is 0 Å². The number of aromatic nitrogens is 3. The molecule has 2 amide bonds. The van der Waals surface area contributed by atoms with Crippen molar-refractivity contribution >= 4 is 28.5 Å². The van der Waals surface area contributed by atoms with Crippen LogP contribution in [0.4, 0.5) is 10.1 Å². The lowest BCUT2D eigenvalue weighted by Crippen LogP contribution is -2.45. The van der Waals surface area contributed by atoms with Gasteiger partial charge in [-0.3, -0.25) is 14.5 Å². The number of nitrogens with two attached hydrogens (primary N) is 1. The van der Waals surface area contributed by atoms with E-state index in [-0.39, 0.29) is 36.4 Å². The lowest BCUT2D eigenvalue weighted by Gasteiger charge is -2.34. The Morgan fingerprint density at radius 2 is 1.64 bits per heavy atom. The molecule has 2 aromatic heterocycles. The Bertz CT molecular complexity index is 2170. The molecule has 0 bridgehead atoms. The smallest absolute Gasteiger partial charge is 0.254 e. The van der Waals surface area contributed by atoms with E-state index in [0.717, 1.165) is 96.8 Å². The summed E-state index contributed by atoms with van der Waals surface area (Å²) in [5, 5.41) is 9.38. The summed E-state index contributed by atoms with van der Waals surface area (Å²) in [4.78, 5) is 38.6. The summed E-state index contributed by atoms with van der Waals surface area (Å²) < 4.78 is 23.3. The average Bonchev–Trinajstić information content (AvgIpc) is 3.65. The van der Waals surface area contributed by atoms with Gasteiger partial charge in [0.15, 0.2) is 5.65 Å². The number of amides is 2. The Labute approximate surface area is 328 Å². The molecule has 4 heterocycles. The van der Waals surface area contributed by atoms with Crippen LogP contribution in [0.2, 0.25) is 0 Å². The third-order valence-corrected chi connectivity index (χ3v) is 11.2. The van der Waals surface area contributed by atoms with Gasteiger partial charge in [0, 0.05) is 93.0 Å². The molecule has 0 spiro atoms. The zero-order valence-electron chi connectivity index (χ0n) is 32.8. The van der Waals surface area contributed by atoms with E-state index in [1.165, 1.54) is 12.1 Å². The summed E-state index contributed by atoms with van der Waals surface area (Å²) in [7, 11) is 0. The SMILES string of the molecule is CCc1nc2c(cnn2CC)c(NC2CCOCC2)c1CN(Cc1ccc(F)c(-c2cccc(CN3CCN(CC)CC3)c2)c1)C(=O)c1cccc(C(N)=O)c1. The maximum absolute atomic E-state index is 15.7. The molecular formula is C44H53FN8O3. The molecule has 3 aromatic carbocycles. The first-order chi connectivity index (χ1) is 27.2. The van der Waals surface area contributed by atoms with Crippen molar-refractivity contribution in [1.29, 1.82) is 0 Å². The highest BCUT2D eigenvalue weighted by molar-refractivity contribution is 5.99. The van der Waals surface area contributed by atoms with Crippen LogP contribution in [0, 0.1) is 5.82 Å². The third kappa shape index (κ3) is 8.77. The number of nitrogens with one attached hydrogen (secondary N) is 1. The van der Waals surface area contributed by atoms with Gasteiger partial charge < -0.3 is 25.6 Å². The van der Waals surface area contributed by atoms with E-state index in [2.05, 4.69) is 46.2 Å². The molecule has 11 nitrogen and oxygen atoms in total. The molecule has 0 radical (unpaired) electrons. The van der Waals surface area contributed by atoms with Gasteiger partial charge in [-0.2, -0.15) is 5.10 Å². The standard InChI is InChI=1S/C44H53FN8O3/c1-4-40-38(41(48-35-15-21-56-22-16-35)37-26-47-53(6-3)43(37)49-40)29-52(44(55)34-12-8-11-33(25-34)42(46)54)28-31-13-14-39(45)36(24-31)32-10-7-9-30(23-32)27-51-19-17-50(5-2)18-20-51/h7-14,23-26,35H,4-6,15-22,27-29H2,1-3H3,(H2,46,54)(H,48,49). The van der Waals surface area contributed by atoms with Crippen LogP contribution in [-0.4, -0.2) is 93.3 Å². The van der Waals surface area contributed by atoms with Crippen molar-refractivity contribution in [2.45, 2.75) is 72.3 Å². The molecule has 12 heteroatoms. The Kier molecular flexibility index (Phi) is 12.4. The van der Waals surface area contributed by atoms with Crippen LogP contribution in [0.15, 0.2) is 72.9 Å². The summed E-state index contributed by atoms with van der Waals surface area (Å²) in [6.07, 6.45) is 4.19. The Balaban J connectivity index is 1.25. The van der Waals surface area contributed by atoms with Gasteiger partial charge >= 0.3 is 0 Å². The molecule has 0 atom stereocenters. The topological polar surface area (TPSA) is 122 Å². The van der Waals surface area contributed by atoms with Crippen LogP contribution in [0.25, 0.3) is 22.2 Å². The predicted octanol–water partition coefficient (Wildman–Crippen LogP) is 6.49. The number of aryl methyl sites for hydroxylation is 2. The number of carbonyl (C=O) groups is 2. The first kappa shape index (κ1) is 39.1. The van der Waals surface area contributed by atoms with Crippen molar-refractivity contribution in [3.05, 3.63) is 112 Å². The summed E-state index contributed by atoms with van der Waals surface area (Å²) in [5.41, 5.74) is 12.9. The Morgan fingerprint density at radius 1 is 0.893 bits per heavy atom. The average molecular weight is 761 g/mol. The number of halogens is 1. The van der Waals surface area contributed by atoms with Crippen molar-refractivity contribution in [2.24, 2.45) is 5.73 Å². The molecule has 2 fully saturated rings. The third-order valence-electron chi connectivity index (χ3n) is 11.2. The monoisotopic (exact) mass is 760 g/mol. The number of anilines is 1. The molecule has 7 rings (SSSR count). The van der Waals surface area contributed by atoms with E-state index in [1.54, 1.807) is 29.2 Å². The van der Waals surface area contributed by atoms with Gasteiger partial charge in [-0.05, 0) is 85.8 Å². The van der Waals surface area contributed by atoms with Crippen molar-refractivity contribution in [3.63, 3.8) is 0 Å². The number of fused-ring (bicyclic) bond motifs is 1. The fraction of sp³-hybridized carbons (Fsp3) is 0.409. The summed E-state index contributed by atoms with van der Waals surface area (Å²) in [6, 6.07) is 19.9. The van der Waals surface area contributed by atoms with Crippen molar-refractivity contribution < 1.29 is 18.7 Å². The van der Waals surface area contributed by atoms with Gasteiger partial charge in [0.05, 0.1) is 23.8 Å². The quantitative estimate of drug-likeness (QED) is 0.132. The fourth-order valence-electron chi connectivity index (χ4n) is 7.93. The number of pyridine rings is 1. The maximum Gasteiger partial charge on any atom is 0.254 e. The number of benzene rings is 3. The molecule has 0 unspecified atom stereocenters. The summed E-state index contributed by atoms with van der Waals surface area (Å²) >= 11 is 0. The van der Waals surface area contributed by atoms with E-state index < -0.39 is 5.91 Å². The highest BCUT2D eigenvalue weighted by atomic mass is 19.1. The number of hydrogen-bond acceptors (Lipinski definition) is 8. The molecular weight excluding hydrogens is 708 g/mol. The van der Waals surface area contributed by atoms with Crippen LogP contribution >= 0.6 is 0 Å². The largest absolute Gasteiger partial charge is 0.381 e. The molecule has 2 aliphatic rings. The molecule has 294 valence electrons. The van der Waals surface area contributed by atoms with E-state index in [9.17, 15) is 9.59 Å². The number of nitrogens with zero attached hydrogens (tertiary/aromatic N) is 6. The minimum atomic E-state index is -0.612. The number of likely N-dealkylation sites (N-methyl/N-ethyl adjacent to an activating group) is 1. The Hall–Kier alpha value is -5.17. The van der Waals surface area contributed by atoms with E-state index in [0.29, 0.717) is 37.3 Å². The number of ether oxygens (including phenoxy) is 1. The van der Waals surface area contributed by atoms with E-state index in [4.69, 9.17) is 15.5 Å². The highest BCUT2D eigenvalue weighted by Gasteiger charge is 2.26. The maximum atomic E-state index is 15.7. The normalized spacial score (nSPS) is 15.6. The molecule has 2 aliphatic heterocycles. The number of rotatable bonds is 14. The molecule has 0 aliphatic carbocycles. The molecule has 3 N–H and O–H groups in total. The lowest BCUT2D eigenvalue weighted by molar-refractivity contribution is 0.0729. The summed E-state index contributed by atoms with van der Waals surface area (Å²) in [5.74, 6) is -1.22. The highest BCUT2D eigenvalue weighted by Crippen LogP contribution is 2.34.